The summed E-state index contributed by atoms with van der Waals surface area (Å²) in [6.45, 7) is 5.31. The molecule has 150 valence electrons. The molecule has 2 rings (SSSR count). The number of esters is 1. The minimum Gasteiger partial charge on any atom is -0.494 e. The largest absolute Gasteiger partial charge is 0.494 e. The van der Waals surface area contributed by atoms with Gasteiger partial charge in [-0.25, -0.2) is 13.2 Å². The van der Waals surface area contributed by atoms with Gasteiger partial charge in [-0.2, -0.15) is 0 Å². The summed E-state index contributed by atoms with van der Waals surface area (Å²) in [6.07, 6.45) is -1.13. The third-order valence-electron chi connectivity index (χ3n) is 3.84. The Hall–Kier alpha value is -3.07. The van der Waals surface area contributed by atoms with Crippen LogP contribution in [-0.4, -0.2) is 33.0 Å². The van der Waals surface area contributed by atoms with E-state index in [2.05, 4.69) is 4.72 Å². The van der Waals surface area contributed by atoms with Crippen molar-refractivity contribution in [3.05, 3.63) is 53.6 Å². The van der Waals surface area contributed by atoms with Crippen molar-refractivity contribution in [1.29, 1.82) is 0 Å². The lowest BCUT2D eigenvalue weighted by molar-refractivity contribution is -0.125. The predicted octanol–water partition coefficient (Wildman–Crippen LogP) is 2.23. The van der Waals surface area contributed by atoms with Gasteiger partial charge in [-0.05, 0) is 62.7 Å². The van der Waals surface area contributed by atoms with Gasteiger partial charge < -0.3 is 15.2 Å². The first kappa shape index (κ1) is 21.2. The summed E-state index contributed by atoms with van der Waals surface area (Å²) in [5.74, 6) is -1.01. The summed E-state index contributed by atoms with van der Waals surface area (Å²) in [5.41, 5.74) is 5.96. The Morgan fingerprint density at radius 3 is 2.36 bits per heavy atom. The number of amides is 1. The van der Waals surface area contributed by atoms with Gasteiger partial charge in [0.15, 0.2) is 6.10 Å². The maximum atomic E-state index is 12.7. The molecule has 28 heavy (non-hydrogen) atoms. The summed E-state index contributed by atoms with van der Waals surface area (Å²) >= 11 is 0. The van der Waals surface area contributed by atoms with Crippen LogP contribution in [0.3, 0.4) is 0 Å². The van der Waals surface area contributed by atoms with E-state index in [1.54, 1.807) is 31.2 Å². The first-order chi connectivity index (χ1) is 13.1. The Morgan fingerprint density at radius 2 is 1.79 bits per heavy atom. The molecular weight excluding hydrogens is 384 g/mol. The second kappa shape index (κ2) is 8.75. The molecule has 0 spiro atoms. The number of carbonyl (C=O) groups is 2. The van der Waals surface area contributed by atoms with Crippen LogP contribution in [-0.2, 0) is 19.6 Å². The molecule has 2 aromatic carbocycles. The van der Waals surface area contributed by atoms with E-state index in [4.69, 9.17) is 15.2 Å². The lowest BCUT2D eigenvalue weighted by Crippen LogP contribution is -2.30. The SMILES string of the molecule is CCOc1ccc(NS(=O)(=O)c2ccc(C)c(C(=O)O[C@H](C)C(N)=O)c2)cc1. The minimum absolute atomic E-state index is 0.0302. The molecule has 0 unspecified atom stereocenters. The van der Waals surface area contributed by atoms with Crippen molar-refractivity contribution in [1.82, 2.24) is 0 Å². The molecule has 1 amide bonds. The number of ether oxygens (including phenoxy) is 2. The maximum Gasteiger partial charge on any atom is 0.339 e. The van der Waals surface area contributed by atoms with E-state index in [1.807, 2.05) is 6.92 Å². The van der Waals surface area contributed by atoms with Crippen LogP contribution in [0.4, 0.5) is 5.69 Å². The van der Waals surface area contributed by atoms with Gasteiger partial charge in [0.1, 0.15) is 5.75 Å². The Bertz CT molecular complexity index is 970. The summed E-state index contributed by atoms with van der Waals surface area (Å²) in [5, 5.41) is 0. The molecule has 0 radical (unpaired) electrons. The summed E-state index contributed by atoms with van der Waals surface area (Å²) in [6, 6.07) is 10.5. The molecule has 2 aromatic rings. The number of anilines is 1. The van der Waals surface area contributed by atoms with Crippen LogP contribution in [0.15, 0.2) is 47.4 Å². The van der Waals surface area contributed by atoms with E-state index in [0.717, 1.165) is 0 Å². The highest BCUT2D eigenvalue weighted by Crippen LogP contribution is 2.22. The van der Waals surface area contributed by atoms with Crippen LogP contribution in [0, 0.1) is 6.92 Å². The minimum atomic E-state index is -3.95. The second-order valence-corrected chi connectivity index (χ2v) is 7.67. The van der Waals surface area contributed by atoms with Gasteiger partial charge >= 0.3 is 5.97 Å². The normalized spacial score (nSPS) is 12.1. The molecule has 3 N–H and O–H groups in total. The zero-order valence-corrected chi connectivity index (χ0v) is 16.6. The fourth-order valence-corrected chi connectivity index (χ4v) is 3.35. The highest BCUT2D eigenvalue weighted by molar-refractivity contribution is 7.92. The average Bonchev–Trinajstić information content (AvgIpc) is 2.63. The van der Waals surface area contributed by atoms with Crippen LogP contribution in [0.5, 0.6) is 5.75 Å². The first-order valence-corrected chi connectivity index (χ1v) is 9.99. The fraction of sp³-hybridized carbons (Fsp3) is 0.263. The van der Waals surface area contributed by atoms with Gasteiger partial charge in [0, 0.05) is 5.69 Å². The lowest BCUT2D eigenvalue weighted by atomic mass is 10.1. The molecule has 9 heteroatoms. The third kappa shape index (κ3) is 5.23. The number of aryl methyl sites for hydroxylation is 1. The molecule has 0 saturated carbocycles. The Balaban J connectivity index is 2.26. The second-order valence-electron chi connectivity index (χ2n) is 5.99. The van der Waals surface area contributed by atoms with Crippen molar-refractivity contribution in [3.63, 3.8) is 0 Å². The van der Waals surface area contributed by atoms with Crippen molar-refractivity contribution in [2.45, 2.75) is 31.8 Å². The Morgan fingerprint density at radius 1 is 1.14 bits per heavy atom. The van der Waals surface area contributed by atoms with E-state index in [1.165, 1.54) is 25.1 Å². The molecule has 0 aromatic heterocycles. The van der Waals surface area contributed by atoms with E-state index < -0.39 is 28.0 Å². The molecule has 0 heterocycles. The van der Waals surface area contributed by atoms with Crippen LogP contribution < -0.4 is 15.2 Å². The van der Waals surface area contributed by atoms with Gasteiger partial charge in [0.05, 0.1) is 17.1 Å². The number of primary amides is 1. The number of nitrogens with one attached hydrogen (secondary N) is 1. The molecule has 1 atom stereocenters. The zero-order chi connectivity index (χ0) is 20.9. The van der Waals surface area contributed by atoms with Crippen LogP contribution in [0.1, 0.15) is 29.8 Å². The first-order valence-electron chi connectivity index (χ1n) is 8.50. The molecule has 0 saturated heterocycles. The van der Waals surface area contributed by atoms with Gasteiger partial charge in [0.25, 0.3) is 15.9 Å². The molecule has 0 aliphatic carbocycles. The monoisotopic (exact) mass is 406 g/mol. The fourth-order valence-electron chi connectivity index (χ4n) is 2.27. The summed E-state index contributed by atoms with van der Waals surface area (Å²) < 4.78 is 38.0. The van der Waals surface area contributed by atoms with E-state index >= 15 is 0 Å². The number of nitrogens with two attached hydrogens (primary N) is 1. The van der Waals surface area contributed by atoms with Crippen molar-refractivity contribution < 1.29 is 27.5 Å². The molecular formula is C19H22N2O6S. The van der Waals surface area contributed by atoms with Crippen LogP contribution in [0.25, 0.3) is 0 Å². The van der Waals surface area contributed by atoms with E-state index in [9.17, 15) is 18.0 Å². The van der Waals surface area contributed by atoms with Gasteiger partial charge in [0.2, 0.25) is 0 Å². The lowest BCUT2D eigenvalue weighted by Gasteiger charge is -2.13. The molecule has 8 nitrogen and oxygen atoms in total. The standard InChI is InChI=1S/C19H22N2O6S/c1-4-26-15-8-6-14(7-9-15)21-28(24,25)16-10-5-12(2)17(11-16)19(23)27-13(3)18(20)22/h5-11,13,21H,4H2,1-3H3,(H2,20,22)/t13-/m1/s1. The maximum absolute atomic E-state index is 12.7. The summed E-state index contributed by atoms with van der Waals surface area (Å²) in [7, 11) is -3.95. The quantitative estimate of drug-likeness (QED) is 0.648. The molecule has 0 fully saturated rings. The van der Waals surface area contributed by atoms with E-state index in [-0.39, 0.29) is 10.5 Å². The average molecular weight is 406 g/mol. The molecule has 0 bridgehead atoms. The van der Waals surface area contributed by atoms with Crippen molar-refractivity contribution in [2.75, 3.05) is 11.3 Å². The van der Waals surface area contributed by atoms with Gasteiger partial charge in [-0.15, -0.1) is 0 Å². The zero-order valence-electron chi connectivity index (χ0n) is 15.8. The number of carbonyl (C=O) groups excluding carboxylic acids is 2. The van der Waals surface area contributed by atoms with Gasteiger partial charge in [-0.3, -0.25) is 9.52 Å². The van der Waals surface area contributed by atoms with Crippen molar-refractivity contribution in [3.8, 4) is 5.75 Å². The van der Waals surface area contributed by atoms with Gasteiger partial charge in [-0.1, -0.05) is 6.07 Å². The van der Waals surface area contributed by atoms with Crippen molar-refractivity contribution in [2.24, 2.45) is 5.73 Å². The van der Waals surface area contributed by atoms with E-state index in [0.29, 0.717) is 23.6 Å². The predicted molar refractivity (Wildman–Crippen MR) is 104 cm³/mol. The summed E-state index contributed by atoms with van der Waals surface area (Å²) in [4.78, 5) is 23.2. The van der Waals surface area contributed by atoms with Crippen LogP contribution in [0.2, 0.25) is 0 Å². The number of hydrogen-bond acceptors (Lipinski definition) is 6. The molecule has 0 aliphatic heterocycles. The number of hydrogen-bond donors (Lipinski definition) is 2. The number of rotatable bonds is 8. The smallest absolute Gasteiger partial charge is 0.339 e. The highest BCUT2D eigenvalue weighted by atomic mass is 32.2. The third-order valence-corrected chi connectivity index (χ3v) is 5.22. The topological polar surface area (TPSA) is 125 Å². The number of benzene rings is 2. The highest BCUT2D eigenvalue weighted by Gasteiger charge is 2.21. The van der Waals surface area contributed by atoms with Crippen LogP contribution >= 0.6 is 0 Å². The number of sulfonamides is 1. The Labute approximate surface area is 163 Å². The van der Waals surface area contributed by atoms with Crippen molar-refractivity contribution >= 4 is 27.6 Å². The molecule has 0 aliphatic rings. The Kier molecular flexibility index (Phi) is 6.63.